The van der Waals surface area contributed by atoms with Gasteiger partial charge in [-0.2, -0.15) is 0 Å². The van der Waals surface area contributed by atoms with Crippen LogP contribution in [0.5, 0.6) is 5.75 Å². The summed E-state index contributed by atoms with van der Waals surface area (Å²) >= 11 is 10.8. The van der Waals surface area contributed by atoms with Gasteiger partial charge in [0.1, 0.15) is 11.4 Å². The summed E-state index contributed by atoms with van der Waals surface area (Å²) in [5.74, 6) is -0.491. The molecule has 1 aromatic carbocycles. The van der Waals surface area contributed by atoms with Gasteiger partial charge in [0.2, 0.25) is 0 Å². The van der Waals surface area contributed by atoms with Gasteiger partial charge in [0.25, 0.3) is 5.91 Å². The fourth-order valence-electron chi connectivity index (χ4n) is 1.39. The van der Waals surface area contributed by atoms with E-state index in [0.717, 1.165) is 5.69 Å². The third-order valence-electron chi connectivity index (χ3n) is 2.37. The number of rotatable bonds is 2. The number of carbonyl (C=O) groups excluding carboxylic acids is 1. The quantitative estimate of drug-likeness (QED) is 0.500. The van der Waals surface area contributed by atoms with Crippen molar-refractivity contribution in [3.63, 3.8) is 0 Å². The molecule has 21 heavy (non-hydrogen) atoms. The summed E-state index contributed by atoms with van der Waals surface area (Å²) in [5, 5.41) is 12.8. The van der Waals surface area contributed by atoms with E-state index in [2.05, 4.69) is 21.2 Å². The summed E-state index contributed by atoms with van der Waals surface area (Å²) in [6.45, 7) is 0. The molecule has 0 unspecified atom stereocenters. The van der Waals surface area contributed by atoms with Crippen molar-refractivity contribution < 1.29 is 9.90 Å². The molecule has 6 nitrogen and oxygen atoms in total. The van der Waals surface area contributed by atoms with Crippen LogP contribution < -0.4 is 16.2 Å². The molecule has 2 aromatic rings. The number of hydrazine groups is 1. The van der Waals surface area contributed by atoms with Crippen LogP contribution >= 0.6 is 23.8 Å². The highest BCUT2D eigenvalue weighted by molar-refractivity contribution is 7.80. The zero-order chi connectivity index (χ0) is 15.2. The molecule has 1 heterocycles. The maximum absolute atomic E-state index is 11.7. The zero-order valence-electron chi connectivity index (χ0n) is 10.6. The lowest BCUT2D eigenvalue weighted by molar-refractivity contribution is 0.0939. The Labute approximate surface area is 131 Å². The molecule has 0 bridgehead atoms. The van der Waals surface area contributed by atoms with E-state index in [1.165, 1.54) is 18.3 Å². The van der Waals surface area contributed by atoms with Gasteiger partial charge < -0.3 is 10.4 Å². The number of amides is 1. The van der Waals surface area contributed by atoms with E-state index in [-0.39, 0.29) is 16.6 Å². The van der Waals surface area contributed by atoms with Crippen LogP contribution in [0.3, 0.4) is 0 Å². The first-order valence-corrected chi connectivity index (χ1v) is 6.61. The van der Waals surface area contributed by atoms with E-state index in [1.807, 2.05) is 0 Å². The Balaban J connectivity index is 1.84. The van der Waals surface area contributed by atoms with Crippen molar-refractivity contribution in [2.45, 2.75) is 0 Å². The van der Waals surface area contributed by atoms with Gasteiger partial charge in [-0.3, -0.25) is 15.6 Å². The van der Waals surface area contributed by atoms with Gasteiger partial charge in [0.05, 0.1) is 6.20 Å². The minimum atomic E-state index is -0.477. The molecular formula is C13H11ClN4O2S. The largest absolute Gasteiger partial charge is 0.506 e. The number of anilines is 1. The van der Waals surface area contributed by atoms with Gasteiger partial charge in [-0.15, -0.1) is 0 Å². The Morgan fingerprint density at radius 2 is 1.86 bits per heavy atom. The normalized spacial score (nSPS) is 9.76. The zero-order valence-corrected chi connectivity index (χ0v) is 12.2. The molecule has 4 N–H and O–H groups in total. The first-order chi connectivity index (χ1) is 10.0. The molecule has 0 aliphatic carbocycles. The van der Waals surface area contributed by atoms with E-state index in [4.69, 9.17) is 28.9 Å². The first-order valence-electron chi connectivity index (χ1n) is 5.82. The van der Waals surface area contributed by atoms with Crippen LogP contribution in [0.2, 0.25) is 5.02 Å². The molecule has 8 heteroatoms. The van der Waals surface area contributed by atoms with Crippen molar-refractivity contribution in [1.29, 1.82) is 0 Å². The standard InChI is InChI=1S/C13H11ClN4O2S/c14-8-1-3-9(4-2-8)16-13(21)18-17-12(20)11-6-5-10(19)7-15-11/h1-7,19H,(H,17,20)(H2,16,18,21). The fraction of sp³-hybridized carbons (Fsp3) is 0. The molecule has 0 saturated heterocycles. The summed E-state index contributed by atoms with van der Waals surface area (Å²) < 4.78 is 0. The van der Waals surface area contributed by atoms with Gasteiger partial charge >= 0.3 is 0 Å². The van der Waals surface area contributed by atoms with Crippen molar-refractivity contribution in [1.82, 2.24) is 15.8 Å². The molecule has 0 aliphatic heterocycles. The lowest BCUT2D eigenvalue weighted by atomic mass is 10.3. The number of thiocarbonyl (C=S) groups is 1. The van der Waals surface area contributed by atoms with E-state index in [1.54, 1.807) is 24.3 Å². The Morgan fingerprint density at radius 1 is 1.14 bits per heavy atom. The number of halogens is 1. The molecule has 0 spiro atoms. The van der Waals surface area contributed by atoms with Crippen LogP contribution in [-0.4, -0.2) is 21.1 Å². The highest BCUT2D eigenvalue weighted by atomic mass is 35.5. The molecular weight excluding hydrogens is 312 g/mol. The van der Waals surface area contributed by atoms with Crippen molar-refractivity contribution >= 4 is 40.5 Å². The van der Waals surface area contributed by atoms with E-state index in [9.17, 15) is 4.79 Å². The lowest BCUT2D eigenvalue weighted by Gasteiger charge is -2.11. The number of hydrogen-bond acceptors (Lipinski definition) is 4. The van der Waals surface area contributed by atoms with Crippen molar-refractivity contribution in [2.24, 2.45) is 0 Å². The molecule has 0 radical (unpaired) electrons. The average molecular weight is 323 g/mol. The summed E-state index contributed by atoms with van der Waals surface area (Å²) in [7, 11) is 0. The van der Waals surface area contributed by atoms with Crippen LogP contribution in [-0.2, 0) is 0 Å². The number of carbonyl (C=O) groups is 1. The Bertz CT molecular complexity index is 646. The van der Waals surface area contributed by atoms with Gasteiger partial charge in [-0.1, -0.05) is 11.6 Å². The summed E-state index contributed by atoms with van der Waals surface area (Å²) in [6.07, 6.45) is 1.18. The molecule has 1 aromatic heterocycles. The number of pyridine rings is 1. The average Bonchev–Trinajstić information content (AvgIpc) is 2.48. The first kappa shape index (κ1) is 15.0. The second-order valence-electron chi connectivity index (χ2n) is 3.94. The molecule has 1 amide bonds. The number of aromatic hydroxyl groups is 1. The number of hydrogen-bond donors (Lipinski definition) is 4. The minimum absolute atomic E-state index is 0.0144. The molecule has 0 fully saturated rings. The van der Waals surface area contributed by atoms with Crippen LogP contribution in [0.25, 0.3) is 0 Å². The minimum Gasteiger partial charge on any atom is -0.506 e. The third-order valence-corrected chi connectivity index (χ3v) is 2.83. The second kappa shape index (κ2) is 6.87. The highest BCUT2D eigenvalue weighted by Crippen LogP contribution is 2.13. The van der Waals surface area contributed by atoms with Crippen molar-refractivity contribution in [3.8, 4) is 5.75 Å². The number of aromatic nitrogens is 1. The van der Waals surface area contributed by atoms with Crippen molar-refractivity contribution in [2.75, 3.05) is 5.32 Å². The summed E-state index contributed by atoms with van der Waals surface area (Å²) in [6, 6.07) is 9.68. The highest BCUT2D eigenvalue weighted by Gasteiger charge is 2.07. The molecule has 2 rings (SSSR count). The fourth-order valence-corrected chi connectivity index (χ4v) is 1.69. The topological polar surface area (TPSA) is 86.3 Å². The van der Waals surface area contributed by atoms with Crippen LogP contribution in [0.1, 0.15) is 10.5 Å². The summed E-state index contributed by atoms with van der Waals surface area (Å²) in [4.78, 5) is 15.5. The summed E-state index contributed by atoms with van der Waals surface area (Å²) in [5.41, 5.74) is 5.81. The van der Waals surface area contributed by atoms with Crippen LogP contribution in [0, 0.1) is 0 Å². The molecule has 0 saturated carbocycles. The predicted octanol–water partition coefficient (Wildman–Crippen LogP) is 2.07. The smallest absolute Gasteiger partial charge is 0.288 e. The monoisotopic (exact) mass is 322 g/mol. The van der Waals surface area contributed by atoms with Gasteiger partial charge in [-0.25, -0.2) is 4.98 Å². The van der Waals surface area contributed by atoms with Crippen molar-refractivity contribution in [3.05, 3.63) is 53.3 Å². The Kier molecular flexibility index (Phi) is 4.91. The Hall–Kier alpha value is -2.38. The van der Waals surface area contributed by atoms with Gasteiger partial charge in [0, 0.05) is 10.7 Å². The second-order valence-corrected chi connectivity index (χ2v) is 4.79. The van der Waals surface area contributed by atoms with Crippen LogP contribution in [0.15, 0.2) is 42.6 Å². The number of benzene rings is 1. The number of nitrogens with zero attached hydrogens (tertiary/aromatic N) is 1. The van der Waals surface area contributed by atoms with Gasteiger partial charge in [-0.05, 0) is 48.6 Å². The molecule has 108 valence electrons. The van der Waals surface area contributed by atoms with E-state index in [0.29, 0.717) is 5.02 Å². The number of nitrogens with one attached hydrogen (secondary N) is 3. The van der Waals surface area contributed by atoms with Gasteiger partial charge in [0.15, 0.2) is 5.11 Å². The SMILES string of the molecule is O=C(NNC(=S)Nc1ccc(Cl)cc1)c1ccc(O)cn1. The lowest BCUT2D eigenvalue weighted by Crippen LogP contribution is -2.44. The van der Waals surface area contributed by atoms with E-state index >= 15 is 0 Å². The molecule has 0 aliphatic rings. The maximum atomic E-state index is 11.7. The van der Waals surface area contributed by atoms with Crippen LogP contribution in [0.4, 0.5) is 5.69 Å². The molecule has 0 atom stereocenters. The third kappa shape index (κ3) is 4.59. The Morgan fingerprint density at radius 3 is 2.48 bits per heavy atom. The predicted molar refractivity (Wildman–Crippen MR) is 84.2 cm³/mol. The maximum Gasteiger partial charge on any atom is 0.288 e. The van der Waals surface area contributed by atoms with E-state index < -0.39 is 5.91 Å².